The fourth-order valence-electron chi connectivity index (χ4n) is 1.84. The summed E-state index contributed by atoms with van der Waals surface area (Å²) in [7, 11) is 1.41. The summed E-state index contributed by atoms with van der Waals surface area (Å²) in [5.41, 5.74) is 0.660. The number of rotatable bonds is 5. The molecule has 2 aromatic rings. The number of halogens is 1. The average Bonchev–Trinajstić information content (AvgIpc) is 2.98. The number of furan rings is 1. The standard InChI is InChI=1S/C16H16FNO3/c1-11(12-5-7-15(20-2)14(17)10-12)18-16(19)8-6-13-4-3-9-21-13/h3-11H,1-2H3,(H,18,19)/b8-6+. The third kappa shape index (κ3) is 3.95. The van der Waals surface area contributed by atoms with Gasteiger partial charge in [-0.05, 0) is 42.8 Å². The van der Waals surface area contributed by atoms with Crippen LogP contribution in [0.3, 0.4) is 0 Å². The van der Waals surface area contributed by atoms with Crippen molar-refractivity contribution in [2.75, 3.05) is 7.11 Å². The maximum Gasteiger partial charge on any atom is 0.244 e. The highest BCUT2D eigenvalue weighted by Crippen LogP contribution is 2.21. The van der Waals surface area contributed by atoms with Gasteiger partial charge in [0.05, 0.1) is 19.4 Å². The molecule has 1 atom stereocenters. The van der Waals surface area contributed by atoms with Crippen LogP contribution in [0, 0.1) is 5.82 Å². The van der Waals surface area contributed by atoms with Gasteiger partial charge in [0.2, 0.25) is 5.91 Å². The Balaban J connectivity index is 1.99. The van der Waals surface area contributed by atoms with Crippen molar-refractivity contribution >= 4 is 12.0 Å². The van der Waals surface area contributed by atoms with Crippen molar-refractivity contribution in [2.45, 2.75) is 13.0 Å². The lowest BCUT2D eigenvalue weighted by Crippen LogP contribution is -2.24. The van der Waals surface area contributed by atoms with Crippen molar-refractivity contribution in [1.82, 2.24) is 5.32 Å². The number of methoxy groups -OCH3 is 1. The molecule has 0 saturated carbocycles. The molecule has 1 N–H and O–H groups in total. The first-order valence-electron chi connectivity index (χ1n) is 6.45. The van der Waals surface area contributed by atoms with E-state index < -0.39 is 5.82 Å². The summed E-state index contributed by atoms with van der Waals surface area (Å²) < 4.78 is 23.6. The van der Waals surface area contributed by atoms with Crippen molar-refractivity contribution in [3.63, 3.8) is 0 Å². The molecule has 21 heavy (non-hydrogen) atoms. The fraction of sp³-hybridized carbons (Fsp3) is 0.188. The van der Waals surface area contributed by atoms with E-state index in [1.165, 1.54) is 31.6 Å². The van der Waals surface area contributed by atoms with E-state index in [9.17, 15) is 9.18 Å². The summed E-state index contributed by atoms with van der Waals surface area (Å²) in [5, 5.41) is 2.75. The Labute approximate surface area is 122 Å². The first kappa shape index (κ1) is 14.8. The van der Waals surface area contributed by atoms with Crippen molar-refractivity contribution < 1.29 is 18.3 Å². The highest BCUT2D eigenvalue weighted by molar-refractivity contribution is 5.91. The van der Waals surface area contributed by atoms with Gasteiger partial charge in [-0.15, -0.1) is 0 Å². The van der Waals surface area contributed by atoms with Crippen LogP contribution in [0.15, 0.2) is 47.1 Å². The van der Waals surface area contributed by atoms with E-state index >= 15 is 0 Å². The highest BCUT2D eigenvalue weighted by atomic mass is 19.1. The summed E-state index contributed by atoms with van der Waals surface area (Å²) >= 11 is 0. The molecule has 1 aromatic heterocycles. The van der Waals surface area contributed by atoms with Gasteiger partial charge in [0.1, 0.15) is 5.76 Å². The van der Waals surface area contributed by atoms with Crippen molar-refractivity contribution in [3.8, 4) is 5.75 Å². The second kappa shape index (κ2) is 6.74. The van der Waals surface area contributed by atoms with Gasteiger partial charge in [-0.3, -0.25) is 4.79 Å². The lowest BCUT2D eigenvalue weighted by molar-refractivity contribution is -0.117. The summed E-state index contributed by atoms with van der Waals surface area (Å²) in [6.45, 7) is 1.78. The molecule has 0 spiro atoms. The van der Waals surface area contributed by atoms with E-state index in [1.54, 1.807) is 31.2 Å². The average molecular weight is 289 g/mol. The maximum absolute atomic E-state index is 13.6. The topological polar surface area (TPSA) is 51.5 Å². The quantitative estimate of drug-likeness (QED) is 0.859. The second-order valence-corrected chi connectivity index (χ2v) is 4.47. The molecule has 1 heterocycles. The van der Waals surface area contributed by atoms with E-state index in [1.807, 2.05) is 0 Å². The Hall–Kier alpha value is -2.56. The number of nitrogens with one attached hydrogen (secondary N) is 1. The zero-order valence-corrected chi connectivity index (χ0v) is 11.8. The second-order valence-electron chi connectivity index (χ2n) is 4.47. The summed E-state index contributed by atoms with van der Waals surface area (Å²) in [4.78, 5) is 11.8. The molecule has 110 valence electrons. The molecule has 1 aromatic carbocycles. The Bertz CT molecular complexity index is 635. The highest BCUT2D eigenvalue weighted by Gasteiger charge is 2.11. The van der Waals surface area contributed by atoms with Crippen LogP contribution in [0.25, 0.3) is 6.08 Å². The van der Waals surface area contributed by atoms with Crippen LogP contribution >= 0.6 is 0 Å². The SMILES string of the molecule is COc1ccc(C(C)NC(=O)/C=C/c2ccco2)cc1F. The van der Waals surface area contributed by atoms with Crippen LogP contribution in [0.2, 0.25) is 0 Å². The molecular formula is C16H16FNO3. The minimum absolute atomic E-state index is 0.176. The van der Waals surface area contributed by atoms with Crippen LogP contribution in [0.4, 0.5) is 4.39 Å². The first-order valence-corrected chi connectivity index (χ1v) is 6.45. The number of benzene rings is 1. The zero-order valence-electron chi connectivity index (χ0n) is 11.8. The smallest absolute Gasteiger partial charge is 0.244 e. The van der Waals surface area contributed by atoms with E-state index in [2.05, 4.69) is 5.32 Å². The van der Waals surface area contributed by atoms with Crippen molar-refractivity contribution in [2.24, 2.45) is 0 Å². The van der Waals surface area contributed by atoms with E-state index in [4.69, 9.17) is 9.15 Å². The van der Waals surface area contributed by atoms with Gasteiger partial charge >= 0.3 is 0 Å². The van der Waals surface area contributed by atoms with E-state index in [0.29, 0.717) is 11.3 Å². The number of hydrogen-bond acceptors (Lipinski definition) is 3. The van der Waals surface area contributed by atoms with Crippen LogP contribution in [0.1, 0.15) is 24.3 Å². The first-order chi connectivity index (χ1) is 10.1. The number of carbonyl (C=O) groups is 1. The van der Waals surface area contributed by atoms with E-state index in [-0.39, 0.29) is 17.7 Å². The molecule has 2 rings (SSSR count). The van der Waals surface area contributed by atoms with Crippen molar-refractivity contribution in [1.29, 1.82) is 0 Å². The van der Waals surface area contributed by atoms with Crippen molar-refractivity contribution in [3.05, 3.63) is 59.8 Å². The number of carbonyl (C=O) groups excluding carboxylic acids is 1. The molecule has 0 radical (unpaired) electrons. The summed E-state index contributed by atoms with van der Waals surface area (Å²) in [6, 6.07) is 7.75. The predicted octanol–water partition coefficient (Wildman–Crippen LogP) is 3.32. The Morgan fingerprint density at radius 2 is 2.24 bits per heavy atom. The number of ether oxygens (including phenoxy) is 1. The molecule has 0 aliphatic heterocycles. The normalized spacial score (nSPS) is 12.3. The largest absolute Gasteiger partial charge is 0.494 e. The predicted molar refractivity (Wildman–Crippen MR) is 77.3 cm³/mol. The molecule has 1 amide bonds. The molecule has 0 fully saturated rings. The monoisotopic (exact) mass is 289 g/mol. The lowest BCUT2D eigenvalue weighted by Gasteiger charge is -2.14. The van der Waals surface area contributed by atoms with Gasteiger partial charge in [-0.25, -0.2) is 4.39 Å². The molecular weight excluding hydrogens is 273 g/mol. The molecule has 4 nitrogen and oxygen atoms in total. The fourth-order valence-corrected chi connectivity index (χ4v) is 1.84. The summed E-state index contributed by atoms with van der Waals surface area (Å²) in [6.07, 6.45) is 4.46. The molecule has 5 heteroatoms. The number of amides is 1. The summed E-state index contributed by atoms with van der Waals surface area (Å²) in [5.74, 6) is 0.0284. The minimum Gasteiger partial charge on any atom is -0.494 e. The number of hydrogen-bond donors (Lipinski definition) is 1. The molecule has 0 aliphatic carbocycles. The van der Waals surface area contributed by atoms with Gasteiger partial charge in [-0.2, -0.15) is 0 Å². The molecule has 0 aliphatic rings. The van der Waals surface area contributed by atoms with Gasteiger partial charge < -0.3 is 14.5 Å². The van der Waals surface area contributed by atoms with Crippen LogP contribution in [-0.2, 0) is 4.79 Å². The third-order valence-corrected chi connectivity index (χ3v) is 2.98. The molecule has 0 saturated heterocycles. The Kier molecular flexibility index (Phi) is 4.77. The molecule has 1 unspecified atom stereocenters. The van der Waals surface area contributed by atoms with Gasteiger partial charge in [0, 0.05) is 6.08 Å². The third-order valence-electron chi connectivity index (χ3n) is 2.98. The van der Waals surface area contributed by atoms with E-state index in [0.717, 1.165) is 0 Å². The Morgan fingerprint density at radius 1 is 1.43 bits per heavy atom. The van der Waals surface area contributed by atoms with Crippen LogP contribution < -0.4 is 10.1 Å². The Morgan fingerprint density at radius 3 is 2.86 bits per heavy atom. The lowest BCUT2D eigenvalue weighted by atomic mass is 10.1. The van der Waals surface area contributed by atoms with Gasteiger partial charge in [0.15, 0.2) is 11.6 Å². The maximum atomic E-state index is 13.6. The van der Waals surface area contributed by atoms with Gasteiger partial charge in [-0.1, -0.05) is 6.07 Å². The minimum atomic E-state index is -0.456. The van der Waals surface area contributed by atoms with Gasteiger partial charge in [0.25, 0.3) is 0 Å². The van der Waals surface area contributed by atoms with Crippen LogP contribution in [-0.4, -0.2) is 13.0 Å². The van der Waals surface area contributed by atoms with Crippen LogP contribution in [0.5, 0.6) is 5.75 Å². The zero-order chi connectivity index (χ0) is 15.2. The molecule has 0 bridgehead atoms.